The van der Waals surface area contributed by atoms with Crippen LogP contribution in [0.15, 0.2) is 5.16 Å². The van der Waals surface area contributed by atoms with Crippen LogP contribution in [-0.4, -0.2) is 30.0 Å². The van der Waals surface area contributed by atoms with Gasteiger partial charge in [-0.15, -0.1) is 0 Å². The highest BCUT2D eigenvalue weighted by Gasteiger charge is 2.22. The molecule has 6 nitrogen and oxygen atoms in total. The van der Waals surface area contributed by atoms with E-state index >= 15 is 0 Å². The highest BCUT2D eigenvalue weighted by atomic mass is 16.4. The Morgan fingerprint density at radius 2 is 2.00 bits per heavy atom. The molecule has 0 unspecified atom stereocenters. The molecule has 0 heterocycles. The number of oxime groups is 1. The van der Waals surface area contributed by atoms with Gasteiger partial charge in [-0.1, -0.05) is 19.0 Å². The van der Waals surface area contributed by atoms with Crippen LogP contribution in [0.4, 0.5) is 0 Å². The summed E-state index contributed by atoms with van der Waals surface area (Å²) in [5, 5.41) is 14.7. The first-order valence-electron chi connectivity index (χ1n) is 5.37. The number of amides is 1. The first kappa shape index (κ1) is 14.7. The van der Waals surface area contributed by atoms with Crippen LogP contribution < -0.4 is 16.8 Å². The zero-order valence-electron chi connectivity index (χ0n) is 9.99. The van der Waals surface area contributed by atoms with Gasteiger partial charge in [0.05, 0.1) is 0 Å². The van der Waals surface area contributed by atoms with Crippen molar-refractivity contribution in [3.8, 4) is 0 Å². The van der Waals surface area contributed by atoms with Gasteiger partial charge in [-0.05, 0) is 19.4 Å². The third kappa shape index (κ3) is 6.23. The van der Waals surface area contributed by atoms with Crippen molar-refractivity contribution < 1.29 is 10.0 Å². The third-order valence-electron chi connectivity index (χ3n) is 2.50. The van der Waals surface area contributed by atoms with Crippen molar-refractivity contribution >= 4 is 11.7 Å². The first-order valence-corrected chi connectivity index (χ1v) is 5.37. The fourth-order valence-electron chi connectivity index (χ4n) is 1.26. The van der Waals surface area contributed by atoms with Gasteiger partial charge in [0.25, 0.3) is 0 Å². The maximum absolute atomic E-state index is 10.4. The third-order valence-corrected chi connectivity index (χ3v) is 2.50. The topological polar surface area (TPSA) is 114 Å². The monoisotopic (exact) mass is 230 g/mol. The lowest BCUT2D eigenvalue weighted by Crippen LogP contribution is -2.33. The average molecular weight is 230 g/mol. The number of hydrogen-bond acceptors (Lipinski definition) is 4. The molecule has 0 spiro atoms. The quantitative estimate of drug-likeness (QED) is 0.154. The van der Waals surface area contributed by atoms with Crippen LogP contribution in [0, 0.1) is 5.41 Å². The summed E-state index contributed by atoms with van der Waals surface area (Å²) in [6, 6.07) is 0. The molecule has 0 aromatic rings. The van der Waals surface area contributed by atoms with Crippen molar-refractivity contribution in [3.05, 3.63) is 0 Å². The Balaban J connectivity index is 3.62. The lowest BCUT2D eigenvalue weighted by atomic mass is 9.86. The molecule has 16 heavy (non-hydrogen) atoms. The van der Waals surface area contributed by atoms with Crippen molar-refractivity contribution in [1.82, 2.24) is 5.32 Å². The van der Waals surface area contributed by atoms with Crippen molar-refractivity contribution in [2.75, 3.05) is 13.1 Å². The van der Waals surface area contributed by atoms with Crippen molar-refractivity contribution in [2.45, 2.75) is 33.1 Å². The van der Waals surface area contributed by atoms with Crippen LogP contribution in [0.25, 0.3) is 0 Å². The highest BCUT2D eigenvalue weighted by molar-refractivity contribution is 5.85. The van der Waals surface area contributed by atoms with Crippen LogP contribution in [0.1, 0.15) is 33.1 Å². The average Bonchev–Trinajstić information content (AvgIpc) is 2.21. The summed E-state index contributed by atoms with van der Waals surface area (Å²) in [4.78, 5) is 10.4. The molecule has 94 valence electrons. The summed E-state index contributed by atoms with van der Waals surface area (Å²) in [5.41, 5.74) is 10.2. The highest BCUT2D eigenvalue weighted by Crippen LogP contribution is 2.21. The van der Waals surface area contributed by atoms with Crippen molar-refractivity contribution in [1.29, 1.82) is 0 Å². The number of primary amides is 1. The maximum Gasteiger partial charge on any atom is 0.218 e. The summed E-state index contributed by atoms with van der Waals surface area (Å²) in [6.45, 7) is 5.23. The van der Waals surface area contributed by atoms with Crippen molar-refractivity contribution in [2.24, 2.45) is 22.0 Å². The summed E-state index contributed by atoms with van der Waals surface area (Å²) in [7, 11) is 0. The van der Waals surface area contributed by atoms with Crippen LogP contribution >= 0.6 is 0 Å². The second-order valence-corrected chi connectivity index (χ2v) is 4.44. The lowest BCUT2D eigenvalue weighted by molar-refractivity contribution is -0.117. The van der Waals surface area contributed by atoms with Gasteiger partial charge in [-0.3, -0.25) is 4.79 Å². The Bertz CT molecular complexity index is 251. The van der Waals surface area contributed by atoms with E-state index < -0.39 is 0 Å². The van der Waals surface area contributed by atoms with Gasteiger partial charge in [0.2, 0.25) is 5.91 Å². The molecule has 0 aliphatic rings. The number of carbonyl (C=O) groups is 1. The number of nitrogens with zero attached hydrogens (tertiary/aromatic N) is 1. The molecular weight excluding hydrogens is 208 g/mol. The molecule has 0 saturated heterocycles. The number of rotatable bonds is 8. The smallest absolute Gasteiger partial charge is 0.218 e. The Labute approximate surface area is 96.1 Å². The van der Waals surface area contributed by atoms with Crippen molar-refractivity contribution in [3.63, 3.8) is 0 Å². The molecule has 0 saturated carbocycles. The second-order valence-electron chi connectivity index (χ2n) is 4.44. The lowest BCUT2D eigenvalue weighted by Gasteiger charge is -2.22. The van der Waals surface area contributed by atoms with Gasteiger partial charge >= 0.3 is 0 Å². The minimum absolute atomic E-state index is 0.240. The molecule has 0 aliphatic carbocycles. The molecule has 0 fully saturated rings. The standard InChI is InChI=1S/C10H22N4O2/c1-10(2,9(12)14-16)5-3-6-13-7-4-8(11)15/h13,16H,3-7H2,1-2H3,(H2,11,15)(H2,12,14). The van der Waals surface area contributed by atoms with Crippen LogP contribution in [-0.2, 0) is 4.79 Å². The summed E-state index contributed by atoms with van der Waals surface area (Å²) in [6.07, 6.45) is 2.05. The Kier molecular flexibility index (Phi) is 6.48. The SMILES string of the molecule is CC(C)(CCCNCCC(N)=O)C(N)=NO. The van der Waals surface area contributed by atoms with Gasteiger partial charge in [0.15, 0.2) is 0 Å². The molecule has 0 radical (unpaired) electrons. The van der Waals surface area contributed by atoms with E-state index in [1.807, 2.05) is 13.8 Å². The molecule has 6 N–H and O–H groups in total. The van der Waals surface area contributed by atoms with Crippen LogP contribution in [0.5, 0.6) is 0 Å². The Hall–Kier alpha value is -1.30. The fourth-order valence-corrected chi connectivity index (χ4v) is 1.26. The van der Waals surface area contributed by atoms with E-state index in [2.05, 4.69) is 10.5 Å². The summed E-state index contributed by atoms with van der Waals surface area (Å²) in [5.74, 6) is -0.0610. The predicted octanol–water partition coefficient (Wildman–Crippen LogP) is 0.00420. The molecule has 0 aromatic heterocycles. The van der Waals surface area contributed by atoms with Gasteiger partial charge in [-0.25, -0.2) is 0 Å². The zero-order chi connectivity index (χ0) is 12.6. The number of nitrogens with two attached hydrogens (primary N) is 2. The Morgan fingerprint density at radius 1 is 1.38 bits per heavy atom. The fraction of sp³-hybridized carbons (Fsp3) is 0.800. The molecular formula is C10H22N4O2. The molecule has 0 aliphatic heterocycles. The van der Waals surface area contributed by atoms with Crippen LogP contribution in [0.3, 0.4) is 0 Å². The van der Waals surface area contributed by atoms with Gasteiger partial charge in [0, 0.05) is 18.4 Å². The van der Waals surface area contributed by atoms with E-state index in [0.29, 0.717) is 13.0 Å². The van der Waals surface area contributed by atoms with E-state index in [0.717, 1.165) is 19.4 Å². The van der Waals surface area contributed by atoms with Gasteiger partial charge < -0.3 is 22.0 Å². The van der Waals surface area contributed by atoms with Gasteiger partial charge in [-0.2, -0.15) is 0 Å². The van der Waals surface area contributed by atoms with E-state index in [1.165, 1.54) is 0 Å². The van der Waals surface area contributed by atoms with Crippen LogP contribution in [0.2, 0.25) is 0 Å². The van der Waals surface area contributed by atoms with E-state index in [4.69, 9.17) is 16.7 Å². The summed E-state index contributed by atoms with van der Waals surface area (Å²) < 4.78 is 0. The molecule has 0 atom stereocenters. The molecule has 6 heteroatoms. The minimum atomic E-state index is -0.305. The van der Waals surface area contributed by atoms with E-state index in [1.54, 1.807) is 0 Å². The molecule has 0 bridgehead atoms. The number of carbonyl (C=O) groups excluding carboxylic acids is 1. The molecule has 0 rings (SSSR count). The maximum atomic E-state index is 10.4. The number of hydrogen-bond donors (Lipinski definition) is 4. The largest absolute Gasteiger partial charge is 0.409 e. The Morgan fingerprint density at radius 3 is 2.50 bits per heavy atom. The normalized spacial score (nSPS) is 12.8. The molecule has 0 aromatic carbocycles. The van der Waals surface area contributed by atoms with E-state index in [-0.39, 0.29) is 17.2 Å². The minimum Gasteiger partial charge on any atom is -0.409 e. The first-order chi connectivity index (χ1) is 7.40. The van der Waals surface area contributed by atoms with Gasteiger partial charge in [0.1, 0.15) is 5.84 Å². The number of amidine groups is 1. The second kappa shape index (κ2) is 7.05. The molecule has 1 amide bonds. The number of nitrogens with one attached hydrogen (secondary N) is 1. The summed E-state index contributed by atoms with van der Waals surface area (Å²) >= 11 is 0. The predicted molar refractivity (Wildman–Crippen MR) is 63.1 cm³/mol. The zero-order valence-corrected chi connectivity index (χ0v) is 9.99. The van der Waals surface area contributed by atoms with E-state index in [9.17, 15) is 4.79 Å².